The fraction of sp³-hybridized carbons (Fsp3) is 0.556. The second-order valence-electron chi connectivity index (χ2n) is 6.26. The monoisotopic (exact) mass is 303 g/mol. The van der Waals surface area contributed by atoms with E-state index >= 15 is 0 Å². The number of carbonyl (C=O) groups is 2. The highest BCUT2D eigenvalue weighted by atomic mass is 16.4. The molecular formula is C18H25NO3. The van der Waals surface area contributed by atoms with Gasteiger partial charge in [0.2, 0.25) is 5.91 Å². The van der Waals surface area contributed by atoms with Crippen molar-refractivity contribution in [2.24, 2.45) is 11.8 Å². The zero-order chi connectivity index (χ0) is 16.1. The molecule has 1 fully saturated rings. The summed E-state index contributed by atoms with van der Waals surface area (Å²) >= 11 is 0. The van der Waals surface area contributed by atoms with Crippen molar-refractivity contribution < 1.29 is 14.7 Å². The smallest absolute Gasteiger partial charge is 0.307 e. The fourth-order valence-electron chi connectivity index (χ4n) is 3.11. The van der Waals surface area contributed by atoms with E-state index in [9.17, 15) is 14.7 Å². The van der Waals surface area contributed by atoms with Crippen LogP contribution < -0.4 is 5.32 Å². The molecule has 0 radical (unpaired) electrons. The third-order valence-electron chi connectivity index (χ3n) is 4.78. The Morgan fingerprint density at radius 1 is 1.18 bits per heavy atom. The first-order chi connectivity index (χ1) is 10.5. The first kappa shape index (κ1) is 16.5. The van der Waals surface area contributed by atoms with Gasteiger partial charge < -0.3 is 10.4 Å². The van der Waals surface area contributed by atoms with Gasteiger partial charge in [0.25, 0.3) is 0 Å². The predicted molar refractivity (Wildman–Crippen MR) is 86.9 cm³/mol. The van der Waals surface area contributed by atoms with Gasteiger partial charge >= 0.3 is 5.97 Å². The third-order valence-corrected chi connectivity index (χ3v) is 4.78. The molecule has 0 unspecified atom stereocenters. The van der Waals surface area contributed by atoms with Crippen LogP contribution >= 0.6 is 0 Å². The van der Waals surface area contributed by atoms with Gasteiger partial charge in [0.05, 0.1) is 11.8 Å². The first-order valence-electron chi connectivity index (χ1n) is 8.16. The van der Waals surface area contributed by atoms with Crippen LogP contribution in [0, 0.1) is 11.8 Å². The summed E-state index contributed by atoms with van der Waals surface area (Å²) in [5.41, 5.74) is 1.99. The number of anilines is 1. The topological polar surface area (TPSA) is 66.4 Å². The van der Waals surface area contributed by atoms with E-state index in [2.05, 4.69) is 19.2 Å². The van der Waals surface area contributed by atoms with Gasteiger partial charge in [0.1, 0.15) is 0 Å². The van der Waals surface area contributed by atoms with Crippen LogP contribution in [-0.4, -0.2) is 17.0 Å². The molecule has 0 aromatic heterocycles. The van der Waals surface area contributed by atoms with Crippen LogP contribution in [0.5, 0.6) is 0 Å². The highest BCUT2D eigenvalue weighted by Gasteiger charge is 2.35. The Morgan fingerprint density at radius 3 is 2.32 bits per heavy atom. The van der Waals surface area contributed by atoms with Crippen LogP contribution in [0.15, 0.2) is 24.3 Å². The molecule has 1 amide bonds. The van der Waals surface area contributed by atoms with Crippen molar-refractivity contribution in [1.29, 1.82) is 0 Å². The summed E-state index contributed by atoms with van der Waals surface area (Å²) in [6.45, 7) is 4.32. The van der Waals surface area contributed by atoms with Crippen LogP contribution in [0.25, 0.3) is 0 Å². The Morgan fingerprint density at radius 2 is 1.77 bits per heavy atom. The molecule has 1 aromatic carbocycles. The number of hydrogen-bond acceptors (Lipinski definition) is 2. The minimum absolute atomic E-state index is 0.164. The second kappa shape index (κ2) is 7.43. The van der Waals surface area contributed by atoms with Crippen LogP contribution in [0.1, 0.15) is 57.4 Å². The van der Waals surface area contributed by atoms with Crippen molar-refractivity contribution in [1.82, 2.24) is 0 Å². The van der Waals surface area contributed by atoms with Gasteiger partial charge in [0.15, 0.2) is 0 Å². The maximum atomic E-state index is 12.4. The zero-order valence-electron chi connectivity index (χ0n) is 13.3. The normalized spacial score (nSPS) is 22.8. The van der Waals surface area contributed by atoms with Crippen molar-refractivity contribution in [2.45, 2.75) is 51.9 Å². The molecule has 0 heterocycles. The Balaban J connectivity index is 2.03. The van der Waals surface area contributed by atoms with Crippen LogP contribution in [0.4, 0.5) is 5.69 Å². The Kier molecular flexibility index (Phi) is 5.58. The Hall–Kier alpha value is -1.84. The first-order valence-corrected chi connectivity index (χ1v) is 8.16. The van der Waals surface area contributed by atoms with Gasteiger partial charge in [-0.2, -0.15) is 0 Å². The number of aliphatic carboxylic acids is 1. The molecule has 120 valence electrons. The SMILES string of the molecule is CC[C@H](C)c1ccc(NC(=O)[C@H]2CCCC[C@@H]2C(=O)O)cc1. The van der Waals surface area contributed by atoms with Crippen molar-refractivity contribution in [3.63, 3.8) is 0 Å². The molecule has 0 saturated heterocycles. The maximum Gasteiger partial charge on any atom is 0.307 e. The highest BCUT2D eigenvalue weighted by molar-refractivity contribution is 5.95. The summed E-state index contributed by atoms with van der Waals surface area (Å²) in [4.78, 5) is 23.7. The summed E-state index contributed by atoms with van der Waals surface area (Å²) in [6, 6.07) is 7.86. The Bertz CT molecular complexity index is 524. The number of carboxylic acids is 1. The maximum absolute atomic E-state index is 12.4. The van der Waals surface area contributed by atoms with E-state index in [1.54, 1.807) is 0 Å². The lowest BCUT2D eigenvalue weighted by Crippen LogP contribution is -2.36. The van der Waals surface area contributed by atoms with Gasteiger partial charge in [-0.1, -0.05) is 38.8 Å². The minimum Gasteiger partial charge on any atom is -0.481 e. The number of nitrogens with one attached hydrogen (secondary N) is 1. The number of hydrogen-bond donors (Lipinski definition) is 2. The molecule has 4 heteroatoms. The molecule has 0 bridgehead atoms. The van der Waals surface area contributed by atoms with Crippen molar-refractivity contribution in [3.05, 3.63) is 29.8 Å². The average Bonchev–Trinajstić information content (AvgIpc) is 2.54. The lowest BCUT2D eigenvalue weighted by Gasteiger charge is -2.27. The second-order valence-corrected chi connectivity index (χ2v) is 6.26. The third kappa shape index (κ3) is 3.87. The number of carboxylic acid groups (broad SMARTS) is 1. The van der Waals surface area contributed by atoms with E-state index < -0.39 is 17.8 Å². The summed E-state index contributed by atoms with van der Waals surface area (Å²) < 4.78 is 0. The molecule has 1 aromatic rings. The standard InChI is InChI=1S/C18H25NO3/c1-3-12(2)13-8-10-14(11-9-13)19-17(20)15-6-4-5-7-16(15)18(21)22/h8-12,15-16H,3-7H2,1-2H3,(H,19,20)(H,21,22)/t12-,15-,16-/m0/s1. The molecular weight excluding hydrogens is 278 g/mol. The Labute approximate surface area is 131 Å². The minimum atomic E-state index is -0.855. The van der Waals surface area contributed by atoms with Crippen molar-refractivity contribution >= 4 is 17.6 Å². The summed E-state index contributed by atoms with van der Waals surface area (Å²) in [5.74, 6) is -1.48. The molecule has 1 saturated carbocycles. The lowest BCUT2D eigenvalue weighted by atomic mass is 9.78. The molecule has 0 spiro atoms. The van der Waals surface area contributed by atoms with Gasteiger partial charge in [0, 0.05) is 5.69 Å². The fourth-order valence-corrected chi connectivity index (χ4v) is 3.11. The molecule has 1 aliphatic carbocycles. The van der Waals surface area contributed by atoms with Gasteiger partial charge in [-0.05, 0) is 42.9 Å². The highest BCUT2D eigenvalue weighted by Crippen LogP contribution is 2.31. The molecule has 2 N–H and O–H groups in total. The van der Waals surface area contributed by atoms with E-state index in [1.165, 1.54) is 5.56 Å². The number of carbonyl (C=O) groups excluding carboxylic acids is 1. The summed E-state index contributed by atoms with van der Waals surface area (Å²) in [7, 11) is 0. The number of amides is 1. The molecule has 4 nitrogen and oxygen atoms in total. The van der Waals surface area contributed by atoms with Crippen molar-refractivity contribution in [3.8, 4) is 0 Å². The largest absolute Gasteiger partial charge is 0.481 e. The van der Waals surface area contributed by atoms with Gasteiger partial charge in [-0.3, -0.25) is 9.59 Å². The zero-order valence-corrected chi connectivity index (χ0v) is 13.3. The van der Waals surface area contributed by atoms with E-state index in [0.717, 1.165) is 24.9 Å². The number of benzene rings is 1. The van der Waals surface area contributed by atoms with Crippen LogP contribution in [-0.2, 0) is 9.59 Å². The average molecular weight is 303 g/mol. The number of rotatable bonds is 5. The van der Waals surface area contributed by atoms with Gasteiger partial charge in [-0.25, -0.2) is 0 Å². The van der Waals surface area contributed by atoms with E-state index in [1.807, 2.05) is 24.3 Å². The molecule has 2 rings (SSSR count). The predicted octanol–water partition coefficient (Wildman–Crippen LogP) is 4.03. The molecule has 1 aliphatic rings. The van der Waals surface area contributed by atoms with Crippen LogP contribution in [0.2, 0.25) is 0 Å². The summed E-state index contributed by atoms with van der Waals surface area (Å²) in [6.07, 6.45) is 4.15. The quantitative estimate of drug-likeness (QED) is 0.863. The molecule has 22 heavy (non-hydrogen) atoms. The summed E-state index contributed by atoms with van der Waals surface area (Å²) in [5, 5.41) is 12.1. The van der Waals surface area contributed by atoms with Crippen molar-refractivity contribution in [2.75, 3.05) is 5.32 Å². The van der Waals surface area contributed by atoms with Crippen LogP contribution in [0.3, 0.4) is 0 Å². The molecule has 0 aliphatic heterocycles. The lowest BCUT2D eigenvalue weighted by molar-refractivity contribution is -0.147. The molecule has 3 atom stereocenters. The van der Waals surface area contributed by atoms with Gasteiger partial charge in [-0.15, -0.1) is 0 Å². The van der Waals surface area contributed by atoms with E-state index in [4.69, 9.17) is 0 Å². The van der Waals surface area contributed by atoms with E-state index in [0.29, 0.717) is 18.8 Å². The van der Waals surface area contributed by atoms with E-state index in [-0.39, 0.29) is 5.91 Å².